The average Bonchev–Trinajstić information content (AvgIpc) is 3.16. The third-order valence-electron chi connectivity index (χ3n) is 5.19. The van der Waals surface area contributed by atoms with Crippen LogP contribution in [0.1, 0.15) is 50.0 Å². The lowest BCUT2D eigenvalue weighted by Crippen LogP contribution is -2.37. The van der Waals surface area contributed by atoms with Crippen molar-refractivity contribution in [3.63, 3.8) is 0 Å². The molecule has 1 saturated carbocycles. The first-order valence-corrected chi connectivity index (χ1v) is 10.5. The molecule has 1 aliphatic rings. The van der Waals surface area contributed by atoms with Gasteiger partial charge in [0, 0.05) is 23.3 Å². The van der Waals surface area contributed by atoms with E-state index < -0.39 is 0 Å². The molecule has 0 radical (unpaired) electrons. The number of nitrogens with one attached hydrogen (secondary N) is 1. The fourth-order valence-electron chi connectivity index (χ4n) is 3.83. The number of nitrogens with two attached hydrogens (primary N) is 2. The van der Waals surface area contributed by atoms with Crippen molar-refractivity contribution in [3.8, 4) is 0 Å². The van der Waals surface area contributed by atoms with Gasteiger partial charge in [-0.15, -0.1) is 11.3 Å². The van der Waals surface area contributed by atoms with Crippen LogP contribution >= 0.6 is 11.3 Å². The molecule has 5 heteroatoms. The predicted molar refractivity (Wildman–Crippen MR) is 119 cm³/mol. The summed E-state index contributed by atoms with van der Waals surface area (Å²) in [5, 5.41) is 5.64. The van der Waals surface area contributed by atoms with Crippen LogP contribution in [0.5, 0.6) is 0 Å². The van der Waals surface area contributed by atoms with Gasteiger partial charge in [0.2, 0.25) is 0 Å². The maximum Gasteiger partial charge on any atom is 0.141 e. The van der Waals surface area contributed by atoms with E-state index in [-0.39, 0.29) is 0 Å². The minimum atomic E-state index is 0.503. The summed E-state index contributed by atoms with van der Waals surface area (Å²) < 4.78 is 0. The van der Waals surface area contributed by atoms with Crippen LogP contribution in [0.4, 0.5) is 11.4 Å². The highest BCUT2D eigenvalue weighted by Crippen LogP contribution is 2.37. The van der Waals surface area contributed by atoms with Crippen LogP contribution in [0.3, 0.4) is 0 Å². The van der Waals surface area contributed by atoms with Gasteiger partial charge >= 0.3 is 0 Å². The largest absolute Gasteiger partial charge is 0.398 e. The number of benzene rings is 1. The van der Waals surface area contributed by atoms with Crippen molar-refractivity contribution in [1.82, 2.24) is 5.32 Å². The third-order valence-corrected chi connectivity index (χ3v) is 6.09. The first-order valence-electron chi connectivity index (χ1n) is 9.67. The molecule has 0 amide bonds. The highest BCUT2D eigenvalue weighted by molar-refractivity contribution is 7.12. The molecule has 144 valence electrons. The van der Waals surface area contributed by atoms with E-state index in [1.165, 1.54) is 12.8 Å². The van der Waals surface area contributed by atoms with Crippen LogP contribution in [0.15, 0.2) is 47.3 Å². The molecular formula is C22H30N4S. The van der Waals surface area contributed by atoms with Gasteiger partial charge in [0.25, 0.3) is 0 Å². The summed E-state index contributed by atoms with van der Waals surface area (Å²) in [4.78, 5) is 5.47. The molecule has 3 rings (SSSR count). The topological polar surface area (TPSA) is 76.4 Å². The molecule has 0 atom stereocenters. The Labute approximate surface area is 166 Å². The zero-order chi connectivity index (χ0) is 19.4. The van der Waals surface area contributed by atoms with Crippen molar-refractivity contribution in [1.29, 1.82) is 0 Å². The van der Waals surface area contributed by atoms with Crippen molar-refractivity contribution in [2.45, 2.75) is 51.6 Å². The maximum absolute atomic E-state index is 6.34. The van der Waals surface area contributed by atoms with Gasteiger partial charge in [0.05, 0.1) is 10.6 Å². The number of hydrogen-bond donors (Lipinski definition) is 3. The van der Waals surface area contributed by atoms with Crippen molar-refractivity contribution in [2.24, 2.45) is 16.6 Å². The zero-order valence-corrected chi connectivity index (χ0v) is 17.1. The molecule has 1 aromatic heterocycles. The quantitative estimate of drug-likeness (QED) is 0.376. The molecule has 0 bridgehead atoms. The summed E-state index contributed by atoms with van der Waals surface area (Å²) in [6, 6.07) is 11.0. The number of allylic oxidation sites excluding steroid dienone is 1. The third kappa shape index (κ3) is 4.99. The SMILES string of the molecule is C=C(c1ccc(N=C(N)c2cccs2)cc1N)C1CCC(NC(C)C)CC1. The van der Waals surface area contributed by atoms with E-state index in [4.69, 9.17) is 11.5 Å². The zero-order valence-electron chi connectivity index (χ0n) is 16.2. The standard InChI is InChI=1S/C22H30N4S/c1-14(2)25-17-8-6-16(7-9-17)15(3)19-11-10-18(13-20(19)23)26-22(24)21-5-4-12-27-21/h4-5,10-14,16-17,25H,3,6-9,23H2,1-2H3,(H2,24,26). The summed E-state index contributed by atoms with van der Waals surface area (Å²) in [6.45, 7) is 8.79. The number of nitrogen functional groups attached to an aromatic ring is 1. The van der Waals surface area contributed by atoms with Crippen LogP contribution in [0.25, 0.3) is 5.57 Å². The van der Waals surface area contributed by atoms with E-state index in [0.717, 1.165) is 40.2 Å². The van der Waals surface area contributed by atoms with Crippen molar-refractivity contribution >= 4 is 34.1 Å². The average molecular weight is 383 g/mol. The lowest BCUT2D eigenvalue weighted by atomic mass is 9.79. The number of anilines is 1. The van der Waals surface area contributed by atoms with Crippen LogP contribution in [0.2, 0.25) is 0 Å². The summed E-state index contributed by atoms with van der Waals surface area (Å²) in [5.41, 5.74) is 16.1. The van der Waals surface area contributed by atoms with Crippen LogP contribution in [-0.4, -0.2) is 17.9 Å². The fraction of sp³-hybridized carbons (Fsp3) is 0.409. The van der Waals surface area contributed by atoms with Gasteiger partial charge in [0.1, 0.15) is 5.84 Å². The molecule has 0 spiro atoms. The summed E-state index contributed by atoms with van der Waals surface area (Å²) in [6.07, 6.45) is 4.71. The van der Waals surface area contributed by atoms with Gasteiger partial charge in [-0.1, -0.05) is 32.6 Å². The van der Waals surface area contributed by atoms with E-state index in [2.05, 4.69) is 30.7 Å². The molecule has 1 fully saturated rings. The molecule has 27 heavy (non-hydrogen) atoms. The van der Waals surface area contributed by atoms with Crippen molar-refractivity contribution in [2.75, 3.05) is 5.73 Å². The van der Waals surface area contributed by atoms with Gasteiger partial charge < -0.3 is 16.8 Å². The lowest BCUT2D eigenvalue weighted by molar-refractivity contribution is 0.318. The summed E-state index contributed by atoms with van der Waals surface area (Å²) >= 11 is 1.58. The maximum atomic E-state index is 6.34. The Morgan fingerprint density at radius 2 is 1.96 bits per heavy atom. The predicted octanol–water partition coefficient (Wildman–Crippen LogP) is 4.94. The highest BCUT2D eigenvalue weighted by atomic mass is 32.1. The van der Waals surface area contributed by atoms with Gasteiger partial charge in [-0.3, -0.25) is 0 Å². The second kappa shape index (κ2) is 8.72. The van der Waals surface area contributed by atoms with E-state index in [9.17, 15) is 0 Å². The molecule has 1 aromatic carbocycles. The Balaban J connectivity index is 1.67. The number of nitrogens with zero attached hydrogens (tertiary/aromatic N) is 1. The normalized spacial score (nSPS) is 20.8. The Kier molecular flexibility index (Phi) is 6.34. The van der Waals surface area contributed by atoms with Crippen LogP contribution in [0, 0.1) is 5.92 Å². The molecular weight excluding hydrogens is 352 g/mol. The molecule has 0 unspecified atom stereocenters. The highest BCUT2D eigenvalue weighted by Gasteiger charge is 2.24. The van der Waals surface area contributed by atoms with E-state index in [1.807, 2.05) is 35.7 Å². The minimum absolute atomic E-state index is 0.503. The Morgan fingerprint density at radius 1 is 1.22 bits per heavy atom. The molecule has 0 aliphatic heterocycles. The summed E-state index contributed by atoms with van der Waals surface area (Å²) in [5.74, 6) is 1.02. The molecule has 1 heterocycles. The molecule has 2 aromatic rings. The van der Waals surface area contributed by atoms with Crippen molar-refractivity contribution in [3.05, 3.63) is 52.7 Å². The van der Waals surface area contributed by atoms with Gasteiger partial charge in [-0.2, -0.15) is 0 Å². The lowest BCUT2D eigenvalue weighted by Gasteiger charge is -2.32. The molecule has 0 saturated heterocycles. The van der Waals surface area contributed by atoms with Crippen LogP contribution in [-0.2, 0) is 0 Å². The number of amidine groups is 1. The first-order chi connectivity index (χ1) is 12.9. The second-order valence-electron chi connectivity index (χ2n) is 7.64. The Bertz CT molecular complexity index is 800. The first kappa shape index (κ1) is 19.6. The molecule has 1 aliphatic carbocycles. The van der Waals surface area contributed by atoms with Gasteiger partial charge in [-0.05, 0) is 60.8 Å². The fourth-order valence-corrected chi connectivity index (χ4v) is 4.46. The van der Waals surface area contributed by atoms with E-state index >= 15 is 0 Å². The van der Waals surface area contributed by atoms with Gasteiger partial charge in [-0.25, -0.2) is 4.99 Å². The Morgan fingerprint density at radius 3 is 2.56 bits per heavy atom. The second-order valence-corrected chi connectivity index (χ2v) is 8.59. The molecule has 4 nitrogen and oxygen atoms in total. The monoisotopic (exact) mass is 382 g/mol. The number of rotatable bonds is 6. The van der Waals surface area contributed by atoms with Crippen LogP contribution < -0.4 is 16.8 Å². The van der Waals surface area contributed by atoms with Gasteiger partial charge in [0.15, 0.2) is 0 Å². The van der Waals surface area contributed by atoms with Crippen molar-refractivity contribution < 1.29 is 0 Å². The number of thiophene rings is 1. The van der Waals surface area contributed by atoms with E-state index in [0.29, 0.717) is 23.8 Å². The number of aliphatic imine (C=N–C) groups is 1. The Hall–Kier alpha value is -2.11. The smallest absolute Gasteiger partial charge is 0.141 e. The minimum Gasteiger partial charge on any atom is -0.398 e. The summed E-state index contributed by atoms with van der Waals surface area (Å²) in [7, 11) is 0. The number of hydrogen-bond acceptors (Lipinski definition) is 4. The molecule has 5 N–H and O–H groups in total. The van der Waals surface area contributed by atoms with E-state index in [1.54, 1.807) is 11.3 Å².